The van der Waals surface area contributed by atoms with Gasteiger partial charge in [0.25, 0.3) is 0 Å². The lowest BCUT2D eigenvalue weighted by atomic mass is 9.60. The maximum Gasteiger partial charge on any atom is 0.303 e. The van der Waals surface area contributed by atoms with E-state index in [-0.39, 0.29) is 24.8 Å². The minimum Gasteiger partial charge on any atom is -0.492 e. The van der Waals surface area contributed by atoms with Crippen molar-refractivity contribution in [1.29, 1.82) is 0 Å². The normalized spacial score (nSPS) is 33.5. The molecular weight excluding hydrogens is 378 g/mol. The number of ether oxygens (including phenoxy) is 5. The van der Waals surface area contributed by atoms with E-state index in [4.69, 9.17) is 23.7 Å². The Labute approximate surface area is 169 Å². The number of fused-ring (bicyclic) bond motifs is 2. The van der Waals surface area contributed by atoms with E-state index in [2.05, 4.69) is 4.90 Å². The largest absolute Gasteiger partial charge is 0.492 e. The van der Waals surface area contributed by atoms with Crippen molar-refractivity contribution in [2.75, 3.05) is 20.4 Å². The minimum atomic E-state index is -0.559. The molecule has 5 rings (SSSR count). The predicted molar refractivity (Wildman–Crippen MR) is 100.0 cm³/mol. The Kier molecular flexibility index (Phi) is 4.17. The zero-order chi connectivity index (χ0) is 20.3. The van der Waals surface area contributed by atoms with Gasteiger partial charge in [-0.3, -0.25) is 14.5 Å². The zero-order valence-corrected chi connectivity index (χ0v) is 16.9. The number of benzene rings is 1. The zero-order valence-electron chi connectivity index (χ0n) is 16.9. The Morgan fingerprint density at radius 1 is 1.17 bits per heavy atom. The van der Waals surface area contributed by atoms with Crippen LogP contribution in [0, 0.1) is 0 Å². The molecule has 0 aromatic heterocycles. The molecule has 1 unspecified atom stereocenters. The Balaban J connectivity index is 1.71. The van der Waals surface area contributed by atoms with E-state index in [0.29, 0.717) is 23.7 Å². The molecule has 156 valence electrons. The molecule has 3 aliphatic heterocycles. The van der Waals surface area contributed by atoms with Crippen LogP contribution in [-0.4, -0.2) is 55.5 Å². The highest BCUT2D eigenvalue weighted by Crippen LogP contribution is 2.59. The number of methoxy groups -OCH3 is 1. The first-order valence-corrected chi connectivity index (χ1v) is 10.0. The van der Waals surface area contributed by atoms with E-state index in [1.165, 1.54) is 13.8 Å². The van der Waals surface area contributed by atoms with Gasteiger partial charge in [-0.25, -0.2) is 0 Å². The van der Waals surface area contributed by atoms with Gasteiger partial charge in [-0.2, -0.15) is 0 Å². The summed E-state index contributed by atoms with van der Waals surface area (Å²) in [4.78, 5) is 26.3. The second-order valence-electron chi connectivity index (χ2n) is 8.20. The number of hydrogen-bond acceptors (Lipinski definition) is 8. The lowest BCUT2D eigenvalue weighted by Crippen LogP contribution is -2.62. The Hall–Kier alpha value is -2.48. The van der Waals surface area contributed by atoms with Crippen LogP contribution in [0.25, 0.3) is 0 Å². The smallest absolute Gasteiger partial charge is 0.303 e. The fraction of sp³-hybridized carbons (Fsp3) is 0.619. The lowest BCUT2D eigenvalue weighted by Gasteiger charge is -2.52. The molecule has 1 saturated carbocycles. The third-order valence-electron chi connectivity index (χ3n) is 6.82. The summed E-state index contributed by atoms with van der Waals surface area (Å²) in [5, 5.41) is 0. The van der Waals surface area contributed by atoms with Crippen LogP contribution < -0.4 is 14.2 Å². The average molecular weight is 403 g/mol. The average Bonchev–Trinajstić information content (AvgIpc) is 3.24. The molecule has 3 heterocycles. The van der Waals surface area contributed by atoms with Crippen LogP contribution in [-0.2, 0) is 31.0 Å². The molecule has 8 nitrogen and oxygen atoms in total. The molecule has 5 atom stereocenters. The van der Waals surface area contributed by atoms with Crippen LogP contribution in [0.2, 0.25) is 0 Å². The number of carbonyl (C=O) groups is 2. The molecule has 0 N–H and O–H groups in total. The molecule has 1 aromatic rings. The molecule has 1 saturated heterocycles. The minimum absolute atomic E-state index is 0.151. The van der Waals surface area contributed by atoms with Gasteiger partial charge in [0.15, 0.2) is 11.5 Å². The van der Waals surface area contributed by atoms with Crippen molar-refractivity contribution in [1.82, 2.24) is 4.90 Å². The third-order valence-corrected chi connectivity index (χ3v) is 6.82. The molecule has 0 amide bonds. The van der Waals surface area contributed by atoms with Crippen LogP contribution in [0.4, 0.5) is 0 Å². The molecule has 8 heteroatoms. The van der Waals surface area contributed by atoms with Gasteiger partial charge in [-0.1, -0.05) is 0 Å². The van der Waals surface area contributed by atoms with Gasteiger partial charge in [-0.05, 0) is 37.4 Å². The highest BCUT2D eigenvalue weighted by atomic mass is 16.7. The van der Waals surface area contributed by atoms with Crippen molar-refractivity contribution in [2.45, 2.75) is 63.3 Å². The standard InChI is InChI=1S/C21H25NO7/c1-11(23)28-15-4-5-17-21(20(15)29-12(2)24)6-7-22(17)9-13-14(21)8-16-19(18(13)25-3)27-10-26-16/h8,15,17,20H,4-7,9-10H2,1-3H3/t15-,17+,20-,21-/m0/s1. The highest BCUT2D eigenvalue weighted by molar-refractivity contribution is 5.69. The fourth-order valence-electron chi connectivity index (χ4n) is 5.95. The summed E-state index contributed by atoms with van der Waals surface area (Å²) in [6.07, 6.45) is 1.30. The van der Waals surface area contributed by atoms with Crippen LogP contribution in [0.15, 0.2) is 6.07 Å². The molecule has 4 aliphatic rings. The summed E-state index contributed by atoms with van der Waals surface area (Å²) in [7, 11) is 1.63. The van der Waals surface area contributed by atoms with E-state index < -0.39 is 17.6 Å². The van der Waals surface area contributed by atoms with Gasteiger partial charge in [0.2, 0.25) is 12.5 Å². The van der Waals surface area contributed by atoms with Gasteiger partial charge >= 0.3 is 11.9 Å². The van der Waals surface area contributed by atoms with E-state index >= 15 is 0 Å². The predicted octanol–water partition coefficient (Wildman–Crippen LogP) is 1.91. The third kappa shape index (κ3) is 2.54. The number of nitrogens with zero attached hydrogens (tertiary/aromatic N) is 1. The fourth-order valence-corrected chi connectivity index (χ4v) is 5.95. The van der Waals surface area contributed by atoms with Gasteiger partial charge in [0.1, 0.15) is 12.2 Å². The summed E-state index contributed by atoms with van der Waals surface area (Å²) in [6.45, 7) is 4.57. The number of hydrogen-bond donors (Lipinski definition) is 0. The maximum atomic E-state index is 12.1. The summed E-state index contributed by atoms with van der Waals surface area (Å²) in [6, 6.07) is 2.22. The first-order valence-electron chi connectivity index (χ1n) is 10.0. The van der Waals surface area contributed by atoms with Crippen molar-refractivity contribution in [2.24, 2.45) is 0 Å². The van der Waals surface area contributed by atoms with Crippen molar-refractivity contribution in [3.8, 4) is 17.2 Å². The molecular formula is C21H25NO7. The summed E-state index contributed by atoms with van der Waals surface area (Å²) >= 11 is 0. The molecule has 0 radical (unpaired) electrons. The summed E-state index contributed by atoms with van der Waals surface area (Å²) in [5.41, 5.74) is 1.61. The molecule has 29 heavy (non-hydrogen) atoms. The van der Waals surface area contributed by atoms with Crippen molar-refractivity contribution in [3.63, 3.8) is 0 Å². The van der Waals surface area contributed by atoms with E-state index in [0.717, 1.165) is 37.1 Å². The summed E-state index contributed by atoms with van der Waals surface area (Å²) < 4.78 is 28.6. The molecule has 2 bridgehead atoms. The maximum absolute atomic E-state index is 12.1. The van der Waals surface area contributed by atoms with Crippen LogP contribution in [0.5, 0.6) is 17.2 Å². The molecule has 1 aromatic carbocycles. The second kappa shape index (κ2) is 6.52. The molecule has 2 fully saturated rings. The first-order chi connectivity index (χ1) is 14.0. The number of esters is 2. The van der Waals surface area contributed by atoms with Crippen molar-refractivity contribution >= 4 is 11.9 Å². The Bertz CT molecular complexity index is 884. The Morgan fingerprint density at radius 2 is 1.97 bits per heavy atom. The quantitative estimate of drug-likeness (QED) is 0.708. The van der Waals surface area contributed by atoms with Gasteiger partial charge < -0.3 is 23.7 Å². The molecule has 0 spiro atoms. The summed E-state index contributed by atoms with van der Waals surface area (Å²) in [5.74, 6) is 1.20. The first kappa shape index (κ1) is 18.5. The topological polar surface area (TPSA) is 83.5 Å². The van der Waals surface area contributed by atoms with Crippen molar-refractivity contribution in [3.05, 3.63) is 17.2 Å². The van der Waals surface area contributed by atoms with Gasteiger partial charge in [0, 0.05) is 32.0 Å². The Morgan fingerprint density at radius 3 is 2.69 bits per heavy atom. The van der Waals surface area contributed by atoms with E-state index in [9.17, 15) is 9.59 Å². The molecule has 1 aliphatic carbocycles. The highest BCUT2D eigenvalue weighted by Gasteiger charge is 2.63. The van der Waals surface area contributed by atoms with Crippen LogP contribution >= 0.6 is 0 Å². The van der Waals surface area contributed by atoms with Gasteiger partial charge in [0.05, 0.1) is 12.5 Å². The van der Waals surface area contributed by atoms with E-state index in [1.54, 1.807) is 7.11 Å². The SMILES string of the molecule is COc1c2c(cc3c1OCO3)[C@@]13CCN(C2)[C@@H]1CC[C@H](OC(C)=O)[C@@H]3OC(C)=O. The van der Waals surface area contributed by atoms with Crippen LogP contribution in [0.3, 0.4) is 0 Å². The van der Waals surface area contributed by atoms with Crippen LogP contribution in [0.1, 0.15) is 44.2 Å². The van der Waals surface area contributed by atoms with Crippen molar-refractivity contribution < 1.29 is 33.3 Å². The number of rotatable bonds is 3. The van der Waals surface area contributed by atoms with E-state index in [1.807, 2.05) is 6.07 Å². The van der Waals surface area contributed by atoms with Gasteiger partial charge in [-0.15, -0.1) is 0 Å². The number of carbonyl (C=O) groups excluding carboxylic acids is 2. The lowest BCUT2D eigenvalue weighted by molar-refractivity contribution is -0.180. The second-order valence-corrected chi connectivity index (χ2v) is 8.20. The monoisotopic (exact) mass is 403 g/mol.